The maximum absolute atomic E-state index is 12.2. The van der Waals surface area contributed by atoms with Crippen LogP contribution in [0.2, 0.25) is 5.02 Å². The van der Waals surface area contributed by atoms with E-state index < -0.39 is 11.9 Å². The molecular weight excluding hydrogens is 384 g/mol. The zero-order chi connectivity index (χ0) is 18.8. The molecule has 0 fully saturated rings. The molecule has 2 aromatic heterocycles. The highest BCUT2D eigenvalue weighted by Crippen LogP contribution is 2.36. The van der Waals surface area contributed by atoms with Crippen LogP contribution in [-0.4, -0.2) is 27.4 Å². The molecule has 0 saturated heterocycles. The number of carboxylic acids is 1. The van der Waals surface area contributed by atoms with Crippen LogP contribution in [0.1, 0.15) is 20.9 Å². The minimum atomic E-state index is -1.21. The van der Waals surface area contributed by atoms with Crippen molar-refractivity contribution in [1.82, 2.24) is 0 Å². The van der Waals surface area contributed by atoms with E-state index in [1.165, 1.54) is 17.5 Å². The van der Waals surface area contributed by atoms with Crippen molar-refractivity contribution in [2.24, 2.45) is 0 Å². The van der Waals surface area contributed by atoms with Crippen LogP contribution < -0.4 is 10.5 Å². The number of rotatable bonds is 5. The van der Waals surface area contributed by atoms with Crippen molar-refractivity contribution in [2.45, 2.75) is 0 Å². The van der Waals surface area contributed by atoms with Crippen LogP contribution in [0.3, 0.4) is 0 Å². The standard InChI is InChI=1S/C16H11ClN2O6S/c17-9-3-1-8(2-4-9)14-13(16(21)22)10(7-26-14)18-15(20)11-5-6-12(25-11)19(23)24/h1-7,23-24H,(H,18,20)(H,21,22). The Morgan fingerprint density at radius 2 is 1.81 bits per heavy atom. The fourth-order valence-corrected chi connectivity index (χ4v) is 3.34. The number of anilines is 2. The fourth-order valence-electron chi connectivity index (χ4n) is 2.22. The van der Waals surface area contributed by atoms with Crippen molar-refractivity contribution >= 4 is 46.4 Å². The monoisotopic (exact) mass is 394 g/mol. The van der Waals surface area contributed by atoms with E-state index in [0.29, 0.717) is 15.5 Å². The number of carbonyl (C=O) groups excluding carboxylic acids is 1. The Hall–Kier alpha value is -2.85. The molecule has 4 N–H and O–H groups in total. The molecule has 0 bridgehead atoms. The van der Waals surface area contributed by atoms with E-state index >= 15 is 0 Å². The maximum Gasteiger partial charge on any atom is 0.339 e. The van der Waals surface area contributed by atoms with Gasteiger partial charge in [-0.1, -0.05) is 29.0 Å². The van der Waals surface area contributed by atoms with Crippen molar-refractivity contribution in [3.8, 4) is 10.4 Å². The maximum atomic E-state index is 12.2. The predicted molar refractivity (Wildman–Crippen MR) is 94.4 cm³/mol. The van der Waals surface area contributed by atoms with Gasteiger partial charge < -0.3 is 14.8 Å². The lowest BCUT2D eigenvalue weighted by Crippen LogP contribution is -2.14. The second-order valence-corrected chi connectivity index (χ2v) is 6.36. The summed E-state index contributed by atoms with van der Waals surface area (Å²) in [7, 11) is 0. The van der Waals surface area contributed by atoms with Gasteiger partial charge in [-0.05, 0) is 23.8 Å². The third-order valence-corrected chi connectivity index (χ3v) is 4.65. The van der Waals surface area contributed by atoms with Crippen molar-refractivity contribution in [1.29, 1.82) is 0 Å². The van der Waals surface area contributed by atoms with Crippen molar-refractivity contribution < 1.29 is 29.5 Å². The van der Waals surface area contributed by atoms with E-state index in [1.807, 2.05) is 0 Å². The number of carboxylic acid groups (broad SMARTS) is 1. The summed E-state index contributed by atoms with van der Waals surface area (Å²) in [4.78, 5) is 24.4. The molecule has 0 saturated carbocycles. The molecule has 0 unspecified atom stereocenters. The van der Waals surface area contributed by atoms with Crippen LogP contribution >= 0.6 is 22.9 Å². The number of hydrogen-bond donors (Lipinski definition) is 4. The number of aromatic carboxylic acids is 1. The van der Waals surface area contributed by atoms with Gasteiger partial charge in [0.2, 0.25) is 5.88 Å². The summed E-state index contributed by atoms with van der Waals surface area (Å²) in [6, 6.07) is 9.03. The Bertz CT molecular complexity index is 964. The van der Waals surface area contributed by atoms with Gasteiger partial charge in [0, 0.05) is 16.5 Å². The van der Waals surface area contributed by atoms with Gasteiger partial charge in [-0.3, -0.25) is 15.2 Å². The minimum absolute atomic E-state index is 0.0663. The van der Waals surface area contributed by atoms with Gasteiger partial charge in [-0.25, -0.2) is 4.79 Å². The number of carbonyl (C=O) groups is 2. The molecule has 0 atom stereocenters. The first kappa shape index (κ1) is 18.0. The summed E-state index contributed by atoms with van der Waals surface area (Å²) in [5, 5.41) is 31.4. The van der Waals surface area contributed by atoms with E-state index in [1.54, 1.807) is 24.3 Å². The van der Waals surface area contributed by atoms with E-state index in [9.17, 15) is 14.7 Å². The summed E-state index contributed by atoms with van der Waals surface area (Å²) in [6.07, 6.45) is 0. The number of halogens is 1. The number of benzene rings is 1. The predicted octanol–water partition coefficient (Wildman–Crippen LogP) is 4.20. The van der Waals surface area contributed by atoms with Gasteiger partial charge in [-0.15, -0.1) is 11.3 Å². The lowest BCUT2D eigenvalue weighted by molar-refractivity contribution is 0.0171. The number of thiophene rings is 1. The molecule has 0 aliphatic rings. The molecule has 3 aromatic rings. The SMILES string of the molecule is O=C(Nc1csc(-c2ccc(Cl)cc2)c1C(=O)O)c1ccc(N(O)O)o1. The topological polar surface area (TPSA) is 123 Å². The van der Waals surface area contributed by atoms with Crippen LogP contribution in [0.4, 0.5) is 11.6 Å². The summed E-state index contributed by atoms with van der Waals surface area (Å²) >= 11 is 7.00. The van der Waals surface area contributed by atoms with Crippen LogP contribution in [0, 0.1) is 0 Å². The smallest absolute Gasteiger partial charge is 0.339 e. The Morgan fingerprint density at radius 3 is 2.38 bits per heavy atom. The van der Waals surface area contributed by atoms with Gasteiger partial charge >= 0.3 is 5.97 Å². The molecule has 0 aliphatic carbocycles. The van der Waals surface area contributed by atoms with Crippen LogP contribution in [-0.2, 0) is 0 Å². The van der Waals surface area contributed by atoms with Crippen molar-refractivity contribution in [3.63, 3.8) is 0 Å². The number of furan rings is 1. The third-order valence-electron chi connectivity index (χ3n) is 3.37. The van der Waals surface area contributed by atoms with Gasteiger partial charge in [0.15, 0.2) is 5.76 Å². The molecule has 0 spiro atoms. The summed E-state index contributed by atoms with van der Waals surface area (Å²) < 4.78 is 4.94. The molecule has 3 rings (SSSR count). The van der Waals surface area contributed by atoms with Gasteiger partial charge in [0.1, 0.15) is 5.56 Å². The fraction of sp³-hybridized carbons (Fsp3) is 0. The van der Waals surface area contributed by atoms with Crippen molar-refractivity contribution in [3.05, 3.63) is 58.1 Å². The second kappa shape index (κ2) is 7.18. The highest BCUT2D eigenvalue weighted by molar-refractivity contribution is 7.14. The molecule has 1 aromatic carbocycles. The molecule has 0 radical (unpaired) electrons. The normalized spacial score (nSPS) is 10.6. The largest absolute Gasteiger partial charge is 0.478 e. The van der Waals surface area contributed by atoms with Crippen LogP contribution in [0.15, 0.2) is 46.2 Å². The summed E-state index contributed by atoms with van der Waals surface area (Å²) in [6.45, 7) is 0. The lowest BCUT2D eigenvalue weighted by atomic mass is 10.1. The Balaban J connectivity index is 1.91. The van der Waals surface area contributed by atoms with Gasteiger partial charge in [0.25, 0.3) is 5.91 Å². The zero-order valence-electron chi connectivity index (χ0n) is 12.8. The molecule has 2 heterocycles. The molecule has 10 heteroatoms. The summed E-state index contributed by atoms with van der Waals surface area (Å²) in [5.41, 5.74) is 0.678. The van der Waals surface area contributed by atoms with Crippen molar-refractivity contribution in [2.75, 3.05) is 10.5 Å². The number of nitrogens with zero attached hydrogens (tertiary/aromatic N) is 1. The average Bonchev–Trinajstić information content (AvgIpc) is 3.22. The molecule has 8 nitrogen and oxygen atoms in total. The molecule has 1 amide bonds. The van der Waals surface area contributed by atoms with Crippen LogP contribution in [0.5, 0.6) is 0 Å². The van der Waals surface area contributed by atoms with Gasteiger partial charge in [0.05, 0.1) is 10.6 Å². The van der Waals surface area contributed by atoms with E-state index in [-0.39, 0.29) is 28.1 Å². The van der Waals surface area contributed by atoms with Gasteiger partial charge in [-0.2, -0.15) is 0 Å². The Morgan fingerprint density at radius 1 is 1.12 bits per heavy atom. The summed E-state index contributed by atoms with van der Waals surface area (Å²) in [5.74, 6) is -2.52. The first-order valence-corrected chi connectivity index (χ1v) is 8.32. The highest BCUT2D eigenvalue weighted by atomic mass is 35.5. The van der Waals surface area contributed by atoms with E-state index in [4.69, 9.17) is 26.4 Å². The Kier molecular flexibility index (Phi) is 4.96. The quantitative estimate of drug-likeness (QED) is 0.478. The lowest BCUT2D eigenvalue weighted by Gasteiger charge is -2.05. The van der Waals surface area contributed by atoms with E-state index in [0.717, 1.165) is 11.3 Å². The number of nitrogens with one attached hydrogen (secondary N) is 1. The molecule has 134 valence electrons. The third kappa shape index (κ3) is 3.55. The number of amides is 1. The van der Waals surface area contributed by atoms with E-state index in [2.05, 4.69) is 5.32 Å². The Labute approximate surface area is 155 Å². The molecule has 0 aliphatic heterocycles. The van der Waals surface area contributed by atoms with Crippen LogP contribution in [0.25, 0.3) is 10.4 Å². The first-order valence-electron chi connectivity index (χ1n) is 7.06. The second-order valence-electron chi connectivity index (χ2n) is 5.05. The molecule has 26 heavy (non-hydrogen) atoms. The first-order chi connectivity index (χ1) is 12.4. The molecular formula is C16H11ClN2O6S. The highest BCUT2D eigenvalue weighted by Gasteiger charge is 2.22. The average molecular weight is 395 g/mol. The minimum Gasteiger partial charge on any atom is -0.478 e. The zero-order valence-corrected chi connectivity index (χ0v) is 14.4. The number of hydrogen-bond acceptors (Lipinski definition) is 7.